The first-order valence-corrected chi connectivity index (χ1v) is 6.31. The fourth-order valence-electron chi connectivity index (χ4n) is 1.16. The lowest BCUT2D eigenvalue weighted by atomic mass is 10.2. The Labute approximate surface area is 89.7 Å². The van der Waals surface area contributed by atoms with Crippen LogP contribution in [0.25, 0.3) is 0 Å². The van der Waals surface area contributed by atoms with Gasteiger partial charge in [-0.1, -0.05) is 6.42 Å². The number of rotatable bonds is 7. The van der Waals surface area contributed by atoms with E-state index in [-0.39, 0.29) is 0 Å². The molecule has 1 heterocycles. The Balaban J connectivity index is 1.99. The fraction of sp³-hybridized carbons (Fsp3) is 0.600. The number of anilines is 1. The molecule has 1 aromatic rings. The van der Waals surface area contributed by atoms with Gasteiger partial charge in [0.15, 0.2) is 0 Å². The van der Waals surface area contributed by atoms with Crippen LogP contribution >= 0.6 is 11.8 Å². The standard InChI is InChI=1S/C10H17N3S/c1-14-8-4-2-3-6-12-10-5-7-11-9-13-10/h5,7,9H,2-4,6,8H2,1H3,(H,11,12,13). The summed E-state index contributed by atoms with van der Waals surface area (Å²) in [5.41, 5.74) is 0. The van der Waals surface area contributed by atoms with Crippen molar-refractivity contribution in [2.24, 2.45) is 0 Å². The van der Waals surface area contributed by atoms with Gasteiger partial charge < -0.3 is 5.32 Å². The molecular formula is C10H17N3S. The van der Waals surface area contributed by atoms with E-state index in [1.54, 1.807) is 12.5 Å². The maximum atomic E-state index is 4.09. The minimum atomic E-state index is 0.921. The highest BCUT2D eigenvalue weighted by molar-refractivity contribution is 7.98. The summed E-state index contributed by atoms with van der Waals surface area (Å²) in [6, 6.07) is 1.89. The first kappa shape index (κ1) is 11.3. The van der Waals surface area contributed by atoms with E-state index in [9.17, 15) is 0 Å². The van der Waals surface area contributed by atoms with Crippen molar-refractivity contribution in [3.63, 3.8) is 0 Å². The molecule has 0 unspecified atom stereocenters. The highest BCUT2D eigenvalue weighted by atomic mass is 32.2. The van der Waals surface area contributed by atoms with Crippen molar-refractivity contribution in [3.05, 3.63) is 18.6 Å². The van der Waals surface area contributed by atoms with Crippen molar-refractivity contribution in [1.82, 2.24) is 9.97 Å². The minimum absolute atomic E-state index is 0.921. The van der Waals surface area contributed by atoms with Gasteiger partial charge in [-0.15, -0.1) is 0 Å². The number of aromatic nitrogens is 2. The molecule has 0 aliphatic heterocycles. The third kappa shape index (κ3) is 5.07. The van der Waals surface area contributed by atoms with E-state index in [0.717, 1.165) is 12.4 Å². The summed E-state index contributed by atoms with van der Waals surface area (Å²) >= 11 is 1.92. The summed E-state index contributed by atoms with van der Waals surface area (Å²) in [6.45, 7) is 1.01. The zero-order valence-corrected chi connectivity index (χ0v) is 9.39. The number of thioether (sulfide) groups is 1. The molecule has 0 saturated heterocycles. The van der Waals surface area contributed by atoms with E-state index in [1.165, 1.54) is 25.0 Å². The molecule has 4 heteroatoms. The second kappa shape index (κ2) is 7.62. The van der Waals surface area contributed by atoms with Gasteiger partial charge in [-0.25, -0.2) is 9.97 Å². The third-order valence-corrected chi connectivity index (χ3v) is 2.61. The van der Waals surface area contributed by atoms with Crippen LogP contribution in [0.15, 0.2) is 18.6 Å². The average molecular weight is 211 g/mol. The summed E-state index contributed by atoms with van der Waals surface area (Å²) in [5.74, 6) is 2.19. The molecule has 0 bridgehead atoms. The van der Waals surface area contributed by atoms with E-state index in [2.05, 4.69) is 21.5 Å². The normalized spacial score (nSPS) is 10.1. The van der Waals surface area contributed by atoms with Gasteiger partial charge in [0.1, 0.15) is 12.1 Å². The maximum absolute atomic E-state index is 4.09. The predicted molar refractivity (Wildman–Crippen MR) is 62.8 cm³/mol. The smallest absolute Gasteiger partial charge is 0.129 e. The van der Waals surface area contributed by atoms with Crippen LogP contribution in [0.2, 0.25) is 0 Å². The van der Waals surface area contributed by atoms with Crippen LogP contribution < -0.4 is 5.32 Å². The molecule has 0 saturated carbocycles. The van der Waals surface area contributed by atoms with Gasteiger partial charge in [0.05, 0.1) is 0 Å². The topological polar surface area (TPSA) is 37.8 Å². The van der Waals surface area contributed by atoms with Crippen LogP contribution in [0.3, 0.4) is 0 Å². The summed E-state index contributed by atoms with van der Waals surface area (Å²) in [6.07, 6.45) is 9.29. The second-order valence-electron chi connectivity index (χ2n) is 3.07. The molecule has 0 spiro atoms. The lowest BCUT2D eigenvalue weighted by molar-refractivity contribution is 0.748. The van der Waals surface area contributed by atoms with Crippen molar-refractivity contribution in [2.45, 2.75) is 19.3 Å². The largest absolute Gasteiger partial charge is 0.370 e. The highest BCUT2D eigenvalue weighted by Crippen LogP contribution is 2.03. The van der Waals surface area contributed by atoms with Gasteiger partial charge in [-0.05, 0) is 30.9 Å². The number of hydrogen-bond donors (Lipinski definition) is 1. The molecule has 0 atom stereocenters. The van der Waals surface area contributed by atoms with E-state index in [4.69, 9.17) is 0 Å². The van der Waals surface area contributed by atoms with Crippen LogP contribution in [0.1, 0.15) is 19.3 Å². The Morgan fingerprint density at radius 3 is 3.00 bits per heavy atom. The van der Waals surface area contributed by atoms with Crippen molar-refractivity contribution in [3.8, 4) is 0 Å². The van der Waals surface area contributed by atoms with Crippen molar-refractivity contribution in [1.29, 1.82) is 0 Å². The Morgan fingerprint density at radius 2 is 2.29 bits per heavy atom. The van der Waals surface area contributed by atoms with Gasteiger partial charge in [-0.2, -0.15) is 11.8 Å². The molecule has 0 aliphatic carbocycles. The monoisotopic (exact) mass is 211 g/mol. The molecule has 0 radical (unpaired) electrons. The molecule has 0 aliphatic rings. The van der Waals surface area contributed by atoms with E-state index >= 15 is 0 Å². The van der Waals surface area contributed by atoms with Gasteiger partial charge in [-0.3, -0.25) is 0 Å². The van der Waals surface area contributed by atoms with Crippen LogP contribution in [-0.2, 0) is 0 Å². The lowest BCUT2D eigenvalue weighted by Gasteiger charge is -2.03. The quantitative estimate of drug-likeness (QED) is 0.703. The van der Waals surface area contributed by atoms with Crippen LogP contribution in [0.4, 0.5) is 5.82 Å². The second-order valence-corrected chi connectivity index (χ2v) is 4.06. The number of unbranched alkanes of at least 4 members (excludes halogenated alkanes) is 2. The van der Waals surface area contributed by atoms with Crippen LogP contribution in [-0.4, -0.2) is 28.5 Å². The molecule has 0 amide bonds. The average Bonchev–Trinajstić information content (AvgIpc) is 2.25. The van der Waals surface area contributed by atoms with Crippen molar-refractivity contribution in [2.75, 3.05) is 23.9 Å². The summed E-state index contributed by atoms with van der Waals surface area (Å²) < 4.78 is 0. The maximum Gasteiger partial charge on any atom is 0.129 e. The highest BCUT2D eigenvalue weighted by Gasteiger charge is 1.91. The predicted octanol–water partition coefficient (Wildman–Crippen LogP) is 2.42. The molecule has 1 rings (SSSR count). The summed E-state index contributed by atoms with van der Waals surface area (Å²) in [4.78, 5) is 7.95. The first-order chi connectivity index (χ1) is 6.93. The summed E-state index contributed by atoms with van der Waals surface area (Å²) in [7, 11) is 0. The fourth-order valence-corrected chi connectivity index (χ4v) is 1.65. The first-order valence-electron chi connectivity index (χ1n) is 4.92. The summed E-state index contributed by atoms with van der Waals surface area (Å²) in [5, 5.41) is 3.26. The minimum Gasteiger partial charge on any atom is -0.370 e. The number of hydrogen-bond acceptors (Lipinski definition) is 4. The lowest BCUT2D eigenvalue weighted by Crippen LogP contribution is -2.03. The Morgan fingerprint density at radius 1 is 1.36 bits per heavy atom. The number of nitrogens with one attached hydrogen (secondary N) is 1. The molecule has 0 aromatic carbocycles. The molecule has 1 aromatic heterocycles. The van der Waals surface area contributed by atoms with E-state index in [1.807, 2.05) is 17.8 Å². The Bertz CT molecular complexity index is 228. The zero-order chi connectivity index (χ0) is 10.1. The van der Waals surface area contributed by atoms with Gasteiger partial charge in [0, 0.05) is 12.7 Å². The van der Waals surface area contributed by atoms with Gasteiger partial charge >= 0.3 is 0 Å². The Kier molecular flexibility index (Phi) is 6.15. The molecule has 0 fully saturated rings. The third-order valence-electron chi connectivity index (χ3n) is 1.91. The molecule has 3 nitrogen and oxygen atoms in total. The molecular weight excluding hydrogens is 194 g/mol. The SMILES string of the molecule is CSCCCCCNc1ccncn1. The van der Waals surface area contributed by atoms with Crippen LogP contribution in [0, 0.1) is 0 Å². The van der Waals surface area contributed by atoms with Gasteiger partial charge in [0.25, 0.3) is 0 Å². The van der Waals surface area contributed by atoms with E-state index < -0.39 is 0 Å². The Hall–Kier alpha value is -0.770. The molecule has 78 valence electrons. The zero-order valence-electron chi connectivity index (χ0n) is 8.57. The molecule has 14 heavy (non-hydrogen) atoms. The van der Waals surface area contributed by atoms with Gasteiger partial charge in [0.2, 0.25) is 0 Å². The van der Waals surface area contributed by atoms with Crippen LogP contribution in [0.5, 0.6) is 0 Å². The van der Waals surface area contributed by atoms with Crippen molar-refractivity contribution < 1.29 is 0 Å². The van der Waals surface area contributed by atoms with E-state index in [0.29, 0.717) is 0 Å². The molecule has 1 N–H and O–H groups in total. The van der Waals surface area contributed by atoms with Crippen molar-refractivity contribution >= 4 is 17.6 Å². The number of nitrogens with zero attached hydrogens (tertiary/aromatic N) is 2.